The van der Waals surface area contributed by atoms with Gasteiger partial charge in [0, 0.05) is 38.8 Å². The summed E-state index contributed by atoms with van der Waals surface area (Å²) >= 11 is 0. The average molecular weight is 397 g/mol. The lowest BCUT2D eigenvalue weighted by Gasteiger charge is -2.23. The number of hydrogen-bond donors (Lipinski definition) is 1. The zero-order valence-corrected chi connectivity index (χ0v) is 16.1. The van der Waals surface area contributed by atoms with E-state index in [0.717, 1.165) is 28.4 Å². The molecule has 0 unspecified atom stereocenters. The van der Waals surface area contributed by atoms with Crippen molar-refractivity contribution >= 4 is 33.0 Å². The maximum Gasteiger partial charge on any atom is 0.232 e. The van der Waals surface area contributed by atoms with Crippen LogP contribution in [0.4, 0.5) is 25.8 Å². The van der Waals surface area contributed by atoms with Crippen LogP contribution < -0.4 is 14.5 Å². The molecule has 0 atom stereocenters. The van der Waals surface area contributed by atoms with Crippen molar-refractivity contribution in [3.05, 3.63) is 54.1 Å². The molecule has 0 aliphatic rings. The fourth-order valence-corrected chi connectivity index (χ4v) is 3.34. The first-order valence-corrected chi connectivity index (χ1v) is 9.93. The lowest BCUT2D eigenvalue weighted by Crippen LogP contribution is -2.33. The Bertz CT molecular complexity index is 916. The van der Waals surface area contributed by atoms with Crippen LogP contribution in [0.1, 0.15) is 6.42 Å². The van der Waals surface area contributed by atoms with Crippen molar-refractivity contribution in [1.29, 1.82) is 0 Å². The molecule has 0 radical (unpaired) electrons. The Morgan fingerprint density at radius 3 is 2.15 bits per heavy atom. The molecule has 1 amide bonds. The van der Waals surface area contributed by atoms with Gasteiger partial charge >= 0.3 is 0 Å². The molecule has 0 aromatic heterocycles. The topological polar surface area (TPSA) is 69.7 Å². The van der Waals surface area contributed by atoms with Gasteiger partial charge in [-0.25, -0.2) is 17.2 Å². The van der Waals surface area contributed by atoms with E-state index in [9.17, 15) is 22.0 Å². The van der Waals surface area contributed by atoms with Crippen LogP contribution in [0.15, 0.2) is 42.5 Å². The van der Waals surface area contributed by atoms with E-state index in [2.05, 4.69) is 5.32 Å². The van der Waals surface area contributed by atoms with E-state index in [0.29, 0.717) is 11.8 Å². The van der Waals surface area contributed by atoms with Crippen molar-refractivity contribution in [1.82, 2.24) is 0 Å². The minimum Gasteiger partial charge on any atom is -0.378 e. The number of nitrogens with zero attached hydrogens (tertiary/aromatic N) is 2. The van der Waals surface area contributed by atoms with Crippen LogP contribution in [0.2, 0.25) is 0 Å². The molecule has 27 heavy (non-hydrogen) atoms. The molecule has 146 valence electrons. The normalized spacial score (nSPS) is 11.1. The molecule has 0 heterocycles. The Labute approximate surface area is 157 Å². The van der Waals surface area contributed by atoms with Gasteiger partial charge in [-0.1, -0.05) is 0 Å². The first-order valence-electron chi connectivity index (χ1n) is 8.08. The van der Waals surface area contributed by atoms with Crippen LogP contribution in [0.25, 0.3) is 0 Å². The summed E-state index contributed by atoms with van der Waals surface area (Å²) < 4.78 is 51.8. The molecular formula is C18H21F2N3O3S. The van der Waals surface area contributed by atoms with Gasteiger partial charge in [0.15, 0.2) is 0 Å². The number of anilines is 3. The predicted octanol–water partition coefficient (Wildman–Crippen LogP) is 2.83. The third kappa shape index (κ3) is 5.65. The monoisotopic (exact) mass is 397 g/mol. The molecule has 0 aliphatic heterocycles. The molecule has 2 rings (SSSR count). The second-order valence-electron chi connectivity index (χ2n) is 6.17. The molecule has 0 bridgehead atoms. The fourth-order valence-electron chi connectivity index (χ4n) is 2.41. The molecule has 1 N–H and O–H groups in total. The van der Waals surface area contributed by atoms with Crippen LogP contribution in [0.3, 0.4) is 0 Å². The molecule has 0 spiro atoms. The van der Waals surface area contributed by atoms with Crippen molar-refractivity contribution in [3.63, 3.8) is 0 Å². The average Bonchev–Trinajstić information content (AvgIpc) is 2.57. The van der Waals surface area contributed by atoms with E-state index in [1.807, 2.05) is 19.0 Å². The third-order valence-electron chi connectivity index (χ3n) is 3.80. The number of amides is 1. The molecule has 2 aromatic rings. The molecule has 0 saturated heterocycles. The van der Waals surface area contributed by atoms with Crippen molar-refractivity contribution in [2.45, 2.75) is 6.42 Å². The van der Waals surface area contributed by atoms with Crippen LogP contribution in [-0.2, 0) is 14.8 Å². The highest BCUT2D eigenvalue weighted by atomic mass is 32.2. The van der Waals surface area contributed by atoms with Crippen LogP contribution in [0.5, 0.6) is 0 Å². The van der Waals surface area contributed by atoms with E-state index >= 15 is 0 Å². The molecule has 0 fully saturated rings. The first-order chi connectivity index (χ1) is 12.6. The van der Waals surface area contributed by atoms with Gasteiger partial charge in [0.1, 0.15) is 11.6 Å². The summed E-state index contributed by atoms with van der Waals surface area (Å²) in [6.07, 6.45) is 0.851. The van der Waals surface area contributed by atoms with Crippen LogP contribution >= 0.6 is 0 Å². The van der Waals surface area contributed by atoms with Gasteiger partial charge in [0.05, 0.1) is 17.6 Å². The second kappa shape index (κ2) is 8.34. The van der Waals surface area contributed by atoms with Gasteiger partial charge in [-0.05, 0) is 36.4 Å². The lowest BCUT2D eigenvalue weighted by atomic mass is 10.2. The molecule has 0 aliphatic carbocycles. The van der Waals surface area contributed by atoms with Crippen molar-refractivity contribution in [2.24, 2.45) is 0 Å². The molecular weight excluding hydrogens is 376 g/mol. The van der Waals surface area contributed by atoms with Crippen LogP contribution in [0, 0.1) is 11.6 Å². The third-order valence-corrected chi connectivity index (χ3v) is 5.00. The fraction of sp³-hybridized carbons (Fsp3) is 0.278. The van der Waals surface area contributed by atoms with Crippen molar-refractivity contribution in [2.75, 3.05) is 41.4 Å². The summed E-state index contributed by atoms with van der Waals surface area (Å²) in [5, 5.41) is 2.31. The maximum atomic E-state index is 13.6. The smallest absolute Gasteiger partial charge is 0.232 e. The minimum absolute atomic E-state index is 0.116. The number of benzene rings is 2. The van der Waals surface area contributed by atoms with Crippen LogP contribution in [-0.4, -0.2) is 41.2 Å². The number of halogens is 2. The maximum absolute atomic E-state index is 13.6. The van der Waals surface area contributed by atoms with E-state index in [4.69, 9.17) is 0 Å². The summed E-state index contributed by atoms with van der Waals surface area (Å²) in [7, 11) is 0.109. The zero-order chi connectivity index (χ0) is 20.2. The molecule has 9 heteroatoms. The summed E-state index contributed by atoms with van der Waals surface area (Å²) in [5.74, 6) is -2.24. The number of carbonyl (C=O) groups excluding carboxylic acids is 1. The number of hydrogen-bond acceptors (Lipinski definition) is 4. The Balaban J connectivity index is 2.09. The quantitative estimate of drug-likeness (QED) is 0.780. The summed E-state index contributed by atoms with van der Waals surface area (Å²) in [4.78, 5) is 13.9. The van der Waals surface area contributed by atoms with Gasteiger partial charge in [0.25, 0.3) is 0 Å². The summed E-state index contributed by atoms with van der Waals surface area (Å²) in [5.41, 5.74) is 1.16. The lowest BCUT2D eigenvalue weighted by molar-refractivity contribution is -0.116. The van der Waals surface area contributed by atoms with E-state index in [1.165, 1.54) is 0 Å². The van der Waals surface area contributed by atoms with Gasteiger partial charge in [-0.3, -0.25) is 9.10 Å². The highest BCUT2D eigenvalue weighted by Gasteiger charge is 2.19. The standard InChI is InChI=1S/C18H21F2N3O3S/c1-22(2)14-5-7-15(8-6-14)23(27(3,25)26)11-10-18(24)21-17-9-4-13(19)12-16(17)20/h4-9,12H,10-11H2,1-3H3,(H,21,24). The van der Waals surface area contributed by atoms with E-state index < -0.39 is 27.6 Å². The molecule has 2 aromatic carbocycles. The Kier molecular flexibility index (Phi) is 6.37. The number of sulfonamides is 1. The summed E-state index contributed by atoms with van der Waals surface area (Å²) in [6.45, 7) is -0.116. The Morgan fingerprint density at radius 1 is 1.04 bits per heavy atom. The van der Waals surface area contributed by atoms with Crippen molar-refractivity contribution in [3.8, 4) is 0 Å². The highest BCUT2D eigenvalue weighted by Crippen LogP contribution is 2.22. The second-order valence-corrected chi connectivity index (χ2v) is 8.08. The van der Waals surface area contributed by atoms with Gasteiger partial charge in [-0.15, -0.1) is 0 Å². The minimum atomic E-state index is -3.62. The number of nitrogens with one attached hydrogen (secondary N) is 1. The first kappa shape index (κ1) is 20.6. The van der Waals surface area contributed by atoms with Gasteiger partial charge in [-0.2, -0.15) is 0 Å². The summed E-state index contributed by atoms with van der Waals surface area (Å²) in [6, 6.07) is 9.61. The Hall–Kier alpha value is -2.68. The Morgan fingerprint density at radius 2 is 1.63 bits per heavy atom. The SMILES string of the molecule is CN(C)c1ccc(N(CCC(=O)Nc2ccc(F)cc2F)S(C)(=O)=O)cc1. The predicted molar refractivity (Wildman–Crippen MR) is 103 cm³/mol. The van der Waals surface area contributed by atoms with Gasteiger partial charge < -0.3 is 10.2 Å². The van der Waals surface area contributed by atoms with Crippen molar-refractivity contribution < 1.29 is 22.0 Å². The zero-order valence-electron chi connectivity index (χ0n) is 15.2. The number of rotatable bonds is 7. The molecule has 0 saturated carbocycles. The molecule has 6 nitrogen and oxygen atoms in total. The number of carbonyl (C=O) groups is 1. The van der Waals surface area contributed by atoms with E-state index in [-0.39, 0.29) is 18.7 Å². The largest absolute Gasteiger partial charge is 0.378 e. The highest BCUT2D eigenvalue weighted by molar-refractivity contribution is 7.92. The van der Waals surface area contributed by atoms with Gasteiger partial charge in [0.2, 0.25) is 15.9 Å². The van der Waals surface area contributed by atoms with E-state index in [1.54, 1.807) is 24.3 Å².